The zero-order valence-corrected chi connectivity index (χ0v) is 12.5. The molecule has 17 heavy (non-hydrogen) atoms. The summed E-state index contributed by atoms with van der Waals surface area (Å²) in [6.45, 7) is 2.48. The lowest BCUT2D eigenvalue weighted by Gasteiger charge is -1.99. The largest absolute Gasteiger partial charge is 0.396 e. The molecule has 0 spiro atoms. The Bertz CT molecular complexity index is 336. The number of aromatic nitrogens is 2. The average molecular weight is 303 g/mol. The van der Waals surface area contributed by atoms with E-state index in [4.69, 9.17) is 5.11 Å². The van der Waals surface area contributed by atoms with Gasteiger partial charge in [0.2, 0.25) is 0 Å². The van der Waals surface area contributed by atoms with Crippen molar-refractivity contribution in [2.45, 2.75) is 51.9 Å². The van der Waals surface area contributed by atoms with Gasteiger partial charge in [-0.05, 0) is 41.6 Å². The molecule has 0 aliphatic rings. The molecule has 0 saturated carbocycles. The molecule has 0 radical (unpaired) electrons. The fourth-order valence-corrected chi connectivity index (χ4v) is 2.89. The minimum absolute atomic E-state index is 0.325. The Kier molecular flexibility index (Phi) is 6.82. The topological polar surface area (TPSA) is 38.1 Å². The number of aryl methyl sites for hydroxylation is 2. The van der Waals surface area contributed by atoms with E-state index in [0.717, 1.165) is 25.7 Å². The third-order valence-corrected chi connectivity index (χ3v) is 3.99. The van der Waals surface area contributed by atoms with Crippen LogP contribution in [0, 0.1) is 0 Å². The van der Waals surface area contributed by atoms with E-state index in [9.17, 15) is 0 Å². The van der Waals surface area contributed by atoms with E-state index >= 15 is 0 Å². The Hall–Kier alpha value is -0.350. The summed E-state index contributed by atoms with van der Waals surface area (Å²) < 4.78 is 3.17. The summed E-state index contributed by atoms with van der Waals surface area (Å²) in [6, 6.07) is 0. The van der Waals surface area contributed by atoms with E-state index in [1.54, 1.807) is 0 Å². The van der Waals surface area contributed by atoms with Crippen molar-refractivity contribution in [3.63, 3.8) is 0 Å². The van der Waals surface area contributed by atoms with Crippen LogP contribution in [0.2, 0.25) is 0 Å². The molecular formula is C13H23BrN2O. The minimum atomic E-state index is 0.325. The van der Waals surface area contributed by atoms with E-state index in [-0.39, 0.29) is 0 Å². The van der Waals surface area contributed by atoms with Crippen molar-refractivity contribution < 1.29 is 5.11 Å². The second-order valence-electron chi connectivity index (χ2n) is 4.43. The highest BCUT2D eigenvalue weighted by Crippen LogP contribution is 2.23. The molecule has 0 amide bonds. The van der Waals surface area contributed by atoms with Crippen LogP contribution in [-0.2, 0) is 19.9 Å². The normalized spacial score (nSPS) is 11.1. The van der Waals surface area contributed by atoms with Gasteiger partial charge < -0.3 is 5.11 Å². The monoisotopic (exact) mass is 302 g/mol. The van der Waals surface area contributed by atoms with Gasteiger partial charge in [0, 0.05) is 13.7 Å². The highest BCUT2D eigenvalue weighted by Gasteiger charge is 2.11. The lowest BCUT2D eigenvalue weighted by atomic mass is 10.1. The van der Waals surface area contributed by atoms with Gasteiger partial charge >= 0.3 is 0 Å². The molecule has 4 heteroatoms. The van der Waals surface area contributed by atoms with Crippen molar-refractivity contribution in [2.75, 3.05) is 6.61 Å². The van der Waals surface area contributed by atoms with E-state index in [0.29, 0.717) is 6.61 Å². The van der Waals surface area contributed by atoms with E-state index < -0.39 is 0 Å². The second-order valence-corrected chi connectivity index (χ2v) is 5.22. The van der Waals surface area contributed by atoms with Gasteiger partial charge in [-0.2, -0.15) is 5.10 Å². The number of hydrogen-bond donors (Lipinski definition) is 1. The van der Waals surface area contributed by atoms with Crippen LogP contribution >= 0.6 is 15.9 Å². The second kappa shape index (κ2) is 7.88. The Morgan fingerprint density at radius 2 is 1.82 bits per heavy atom. The number of hydrogen-bond acceptors (Lipinski definition) is 2. The summed E-state index contributed by atoms with van der Waals surface area (Å²) in [6.07, 6.45) is 7.77. The minimum Gasteiger partial charge on any atom is -0.396 e. The van der Waals surface area contributed by atoms with Crippen LogP contribution in [0.4, 0.5) is 0 Å². The molecule has 0 fully saturated rings. The Morgan fingerprint density at radius 1 is 1.18 bits per heavy atom. The highest BCUT2D eigenvalue weighted by atomic mass is 79.9. The summed E-state index contributed by atoms with van der Waals surface area (Å²) >= 11 is 3.64. The molecule has 1 rings (SSSR count). The van der Waals surface area contributed by atoms with Gasteiger partial charge in [-0.15, -0.1) is 0 Å². The number of nitrogens with zero attached hydrogens (tertiary/aromatic N) is 2. The first kappa shape index (κ1) is 14.7. The van der Waals surface area contributed by atoms with Crippen molar-refractivity contribution in [3.8, 4) is 0 Å². The van der Waals surface area contributed by atoms with Gasteiger partial charge in [0.05, 0.1) is 15.9 Å². The smallest absolute Gasteiger partial charge is 0.0769 e. The third kappa shape index (κ3) is 4.43. The predicted octanol–water partition coefficient (Wildman–Crippen LogP) is 3.23. The number of halogens is 1. The van der Waals surface area contributed by atoms with Gasteiger partial charge in [-0.3, -0.25) is 4.68 Å². The predicted molar refractivity (Wildman–Crippen MR) is 74.2 cm³/mol. The lowest BCUT2D eigenvalue weighted by Crippen LogP contribution is -1.96. The number of aliphatic hydroxyl groups is 1. The standard InChI is InChI=1S/C13H23BrN2O/c1-3-12-13(14)11(15-16(12)2)9-7-5-4-6-8-10-17/h17H,3-10H2,1-2H3. The maximum Gasteiger partial charge on any atom is 0.0769 e. The molecule has 0 aromatic carbocycles. The molecule has 1 N–H and O–H groups in total. The summed E-state index contributed by atoms with van der Waals surface area (Å²) in [7, 11) is 2.01. The van der Waals surface area contributed by atoms with Crippen molar-refractivity contribution in [3.05, 3.63) is 15.9 Å². The van der Waals surface area contributed by atoms with Crippen molar-refractivity contribution in [1.82, 2.24) is 9.78 Å². The van der Waals surface area contributed by atoms with Gasteiger partial charge in [0.25, 0.3) is 0 Å². The molecule has 0 unspecified atom stereocenters. The van der Waals surface area contributed by atoms with Crippen LogP contribution in [0.3, 0.4) is 0 Å². The zero-order valence-electron chi connectivity index (χ0n) is 10.9. The van der Waals surface area contributed by atoms with E-state index in [1.807, 2.05) is 11.7 Å². The number of aliphatic hydroxyl groups excluding tert-OH is 1. The summed E-state index contributed by atoms with van der Waals surface area (Å²) in [5.41, 5.74) is 2.46. The van der Waals surface area contributed by atoms with Crippen LogP contribution in [0.5, 0.6) is 0 Å². The molecule has 1 aromatic heterocycles. The Morgan fingerprint density at radius 3 is 2.41 bits per heavy atom. The quantitative estimate of drug-likeness (QED) is 0.749. The number of rotatable bonds is 8. The van der Waals surface area contributed by atoms with Crippen molar-refractivity contribution >= 4 is 15.9 Å². The SMILES string of the molecule is CCc1c(Br)c(CCCCCCCO)nn1C. The molecule has 0 aliphatic carbocycles. The zero-order chi connectivity index (χ0) is 12.7. The van der Waals surface area contributed by atoms with Crippen molar-refractivity contribution in [1.29, 1.82) is 0 Å². The van der Waals surface area contributed by atoms with Crippen LogP contribution in [-0.4, -0.2) is 21.5 Å². The maximum absolute atomic E-state index is 8.68. The molecule has 1 heterocycles. The van der Waals surface area contributed by atoms with E-state index in [2.05, 4.69) is 28.0 Å². The molecule has 0 saturated heterocycles. The molecule has 0 bridgehead atoms. The molecule has 1 aromatic rings. The molecule has 3 nitrogen and oxygen atoms in total. The first-order chi connectivity index (χ1) is 8.20. The van der Waals surface area contributed by atoms with Gasteiger partial charge in [-0.1, -0.05) is 26.2 Å². The Balaban J connectivity index is 2.32. The van der Waals surface area contributed by atoms with Gasteiger partial charge in [-0.25, -0.2) is 0 Å². The first-order valence-corrected chi connectivity index (χ1v) is 7.31. The first-order valence-electron chi connectivity index (χ1n) is 6.51. The summed E-state index contributed by atoms with van der Waals surface area (Å²) in [5, 5.41) is 13.2. The van der Waals surface area contributed by atoms with Crippen LogP contribution in [0.1, 0.15) is 50.4 Å². The van der Waals surface area contributed by atoms with E-state index in [1.165, 1.54) is 35.1 Å². The fourth-order valence-electron chi connectivity index (χ4n) is 2.07. The Labute approximate surface area is 112 Å². The summed E-state index contributed by atoms with van der Waals surface area (Å²) in [5.74, 6) is 0. The molecular weight excluding hydrogens is 280 g/mol. The maximum atomic E-state index is 8.68. The average Bonchev–Trinajstić information content (AvgIpc) is 2.58. The van der Waals surface area contributed by atoms with Crippen LogP contribution in [0.25, 0.3) is 0 Å². The summed E-state index contributed by atoms with van der Waals surface area (Å²) in [4.78, 5) is 0. The third-order valence-electron chi connectivity index (χ3n) is 3.07. The van der Waals surface area contributed by atoms with Gasteiger partial charge in [0.1, 0.15) is 0 Å². The van der Waals surface area contributed by atoms with Crippen LogP contribution < -0.4 is 0 Å². The number of unbranched alkanes of at least 4 members (excludes halogenated alkanes) is 4. The van der Waals surface area contributed by atoms with Gasteiger partial charge in [0.15, 0.2) is 0 Å². The lowest BCUT2D eigenvalue weighted by molar-refractivity contribution is 0.282. The molecule has 0 atom stereocenters. The molecule has 0 aliphatic heterocycles. The van der Waals surface area contributed by atoms with Crippen LogP contribution in [0.15, 0.2) is 4.47 Å². The highest BCUT2D eigenvalue weighted by molar-refractivity contribution is 9.10. The van der Waals surface area contributed by atoms with Crippen molar-refractivity contribution in [2.24, 2.45) is 7.05 Å². The fraction of sp³-hybridized carbons (Fsp3) is 0.769. The molecule has 98 valence electrons.